The predicted molar refractivity (Wildman–Crippen MR) is 138 cm³/mol. The molecule has 0 amide bonds. The molecule has 2 N–H and O–H groups in total. The first-order valence-electron chi connectivity index (χ1n) is 11.9. The van der Waals surface area contributed by atoms with Crippen molar-refractivity contribution in [1.29, 1.82) is 0 Å². The van der Waals surface area contributed by atoms with Crippen molar-refractivity contribution in [2.75, 3.05) is 0 Å². The number of nitrogens with zero attached hydrogens (tertiary/aromatic N) is 3. The second kappa shape index (κ2) is 11.0. The van der Waals surface area contributed by atoms with Gasteiger partial charge in [0, 0.05) is 25.9 Å². The average Bonchev–Trinajstić information content (AvgIpc) is 3.36. The molecule has 1 aromatic carbocycles. The maximum Gasteiger partial charge on any atom is 0.308 e. The van der Waals surface area contributed by atoms with Gasteiger partial charge in [0.1, 0.15) is 18.0 Å². The SMILES string of the molecule is Cc1nc(C(CC(=O)OC2CCC(O)CC2)N=C(c2ccc(Cl)cc2)c2c(C)sc(C)c2C)n[nH]1. The fraction of sp³-hybridized carbons (Fsp3) is 0.462. The Kier molecular flexibility index (Phi) is 8.04. The molecule has 35 heavy (non-hydrogen) atoms. The van der Waals surface area contributed by atoms with Crippen LogP contribution in [0.2, 0.25) is 5.02 Å². The zero-order valence-electron chi connectivity index (χ0n) is 20.5. The van der Waals surface area contributed by atoms with Crippen molar-refractivity contribution >= 4 is 34.6 Å². The summed E-state index contributed by atoms with van der Waals surface area (Å²) in [6, 6.07) is 6.95. The molecule has 1 aliphatic carbocycles. The van der Waals surface area contributed by atoms with Crippen molar-refractivity contribution in [2.45, 2.75) is 78.0 Å². The van der Waals surface area contributed by atoms with Crippen LogP contribution in [-0.4, -0.2) is 44.2 Å². The lowest BCUT2D eigenvalue weighted by Gasteiger charge is -2.25. The third-order valence-corrected chi connectivity index (χ3v) is 7.79. The molecule has 0 bridgehead atoms. The molecular formula is C26H31ClN4O3S. The van der Waals surface area contributed by atoms with E-state index in [4.69, 9.17) is 21.3 Å². The first-order chi connectivity index (χ1) is 16.7. The third-order valence-electron chi connectivity index (χ3n) is 6.42. The number of ether oxygens (including phenoxy) is 1. The van der Waals surface area contributed by atoms with Gasteiger partial charge in [-0.2, -0.15) is 5.10 Å². The normalized spacial score (nSPS) is 19.5. The van der Waals surface area contributed by atoms with Crippen LogP contribution in [0.4, 0.5) is 0 Å². The Morgan fingerprint density at radius 1 is 1.17 bits per heavy atom. The molecule has 0 aliphatic heterocycles. The summed E-state index contributed by atoms with van der Waals surface area (Å²) >= 11 is 7.90. The van der Waals surface area contributed by atoms with E-state index in [2.05, 4.69) is 36.0 Å². The minimum absolute atomic E-state index is 0.0225. The number of aliphatic hydroxyl groups is 1. The van der Waals surface area contributed by atoms with Crippen LogP contribution in [0.5, 0.6) is 0 Å². The molecule has 1 atom stereocenters. The lowest BCUT2D eigenvalue weighted by atomic mass is 9.95. The summed E-state index contributed by atoms with van der Waals surface area (Å²) in [6.07, 6.45) is 2.18. The highest BCUT2D eigenvalue weighted by Crippen LogP contribution is 2.32. The Morgan fingerprint density at radius 2 is 1.86 bits per heavy atom. The molecule has 1 aliphatic rings. The highest BCUT2D eigenvalue weighted by Gasteiger charge is 2.27. The summed E-state index contributed by atoms with van der Waals surface area (Å²) in [5, 5.41) is 17.6. The van der Waals surface area contributed by atoms with Crippen molar-refractivity contribution in [2.24, 2.45) is 4.99 Å². The molecule has 1 saturated carbocycles. The summed E-state index contributed by atoms with van der Waals surface area (Å²) in [5.74, 6) is 0.766. The van der Waals surface area contributed by atoms with Crippen LogP contribution >= 0.6 is 22.9 Å². The fourth-order valence-electron chi connectivity index (χ4n) is 4.45. The number of aliphatic hydroxyl groups excluding tert-OH is 1. The number of aliphatic imine (C=N–C) groups is 1. The molecule has 186 valence electrons. The number of carbonyl (C=O) groups excluding carboxylic acids is 1. The van der Waals surface area contributed by atoms with Crippen molar-refractivity contribution in [3.63, 3.8) is 0 Å². The lowest BCUT2D eigenvalue weighted by Crippen LogP contribution is -2.27. The van der Waals surface area contributed by atoms with Gasteiger partial charge in [-0.05, 0) is 71.1 Å². The minimum Gasteiger partial charge on any atom is -0.462 e. The maximum absolute atomic E-state index is 13.0. The van der Waals surface area contributed by atoms with E-state index in [0.717, 1.165) is 27.3 Å². The van der Waals surface area contributed by atoms with E-state index in [1.54, 1.807) is 11.3 Å². The van der Waals surface area contributed by atoms with E-state index in [0.29, 0.717) is 42.4 Å². The van der Waals surface area contributed by atoms with E-state index in [9.17, 15) is 9.90 Å². The second-order valence-corrected chi connectivity index (χ2v) is 11.0. The molecule has 0 spiro atoms. The Morgan fingerprint density at radius 3 is 2.43 bits per heavy atom. The lowest BCUT2D eigenvalue weighted by molar-refractivity contribution is -0.152. The Balaban J connectivity index is 1.71. The number of aromatic amines is 1. The molecule has 1 unspecified atom stereocenters. The van der Waals surface area contributed by atoms with E-state index in [1.807, 2.05) is 31.2 Å². The summed E-state index contributed by atoms with van der Waals surface area (Å²) in [7, 11) is 0. The van der Waals surface area contributed by atoms with Gasteiger partial charge in [0.15, 0.2) is 5.82 Å². The van der Waals surface area contributed by atoms with Crippen LogP contribution in [0.25, 0.3) is 0 Å². The number of rotatable bonds is 7. The molecule has 1 fully saturated rings. The quantitative estimate of drug-likeness (QED) is 0.317. The molecule has 3 aromatic rings. The van der Waals surface area contributed by atoms with E-state index in [1.165, 1.54) is 4.88 Å². The summed E-state index contributed by atoms with van der Waals surface area (Å²) in [6.45, 7) is 8.10. The number of benzene rings is 1. The number of H-pyrrole nitrogens is 1. The van der Waals surface area contributed by atoms with Crippen LogP contribution in [0.3, 0.4) is 0 Å². The van der Waals surface area contributed by atoms with Gasteiger partial charge in [0.05, 0.1) is 18.2 Å². The van der Waals surface area contributed by atoms with Gasteiger partial charge in [-0.3, -0.25) is 14.9 Å². The van der Waals surface area contributed by atoms with Gasteiger partial charge in [-0.25, -0.2) is 4.98 Å². The average molecular weight is 515 g/mol. The predicted octanol–water partition coefficient (Wildman–Crippen LogP) is 5.57. The molecule has 0 saturated heterocycles. The third kappa shape index (κ3) is 6.18. The van der Waals surface area contributed by atoms with Crippen molar-refractivity contribution in [1.82, 2.24) is 15.2 Å². The van der Waals surface area contributed by atoms with E-state index < -0.39 is 6.04 Å². The number of aryl methyl sites for hydroxylation is 3. The van der Waals surface area contributed by atoms with Crippen molar-refractivity contribution < 1.29 is 14.6 Å². The van der Waals surface area contributed by atoms with Crippen LogP contribution in [-0.2, 0) is 9.53 Å². The smallest absolute Gasteiger partial charge is 0.308 e. The van der Waals surface area contributed by atoms with Gasteiger partial charge in [-0.15, -0.1) is 11.3 Å². The van der Waals surface area contributed by atoms with Gasteiger partial charge in [0.2, 0.25) is 0 Å². The van der Waals surface area contributed by atoms with Crippen LogP contribution in [0.1, 0.15) is 76.2 Å². The van der Waals surface area contributed by atoms with Gasteiger partial charge < -0.3 is 9.84 Å². The van der Waals surface area contributed by atoms with Crippen LogP contribution in [0, 0.1) is 27.7 Å². The number of hydrogen-bond acceptors (Lipinski definition) is 7. The van der Waals surface area contributed by atoms with E-state index in [-0.39, 0.29) is 24.6 Å². The monoisotopic (exact) mass is 514 g/mol. The topological polar surface area (TPSA) is 100 Å². The maximum atomic E-state index is 13.0. The largest absolute Gasteiger partial charge is 0.462 e. The molecule has 2 heterocycles. The summed E-state index contributed by atoms with van der Waals surface area (Å²) in [5.41, 5.74) is 3.91. The molecular weight excluding hydrogens is 484 g/mol. The molecule has 0 radical (unpaired) electrons. The van der Waals surface area contributed by atoms with Crippen molar-refractivity contribution in [3.05, 3.63) is 67.4 Å². The number of nitrogens with one attached hydrogen (secondary N) is 1. The van der Waals surface area contributed by atoms with Gasteiger partial charge in [0.25, 0.3) is 0 Å². The number of halogens is 1. The summed E-state index contributed by atoms with van der Waals surface area (Å²) in [4.78, 5) is 25.0. The number of hydrogen-bond donors (Lipinski definition) is 2. The van der Waals surface area contributed by atoms with Crippen LogP contribution in [0.15, 0.2) is 29.3 Å². The molecule has 9 heteroatoms. The Hall–Kier alpha value is -2.55. The molecule has 7 nitrogen and oxygen atoms in total. The number of aromatic nitrogens is 3. The zero-order valence-corrected chi connectivity index (χ0v) is 22.0. The number of esters is 1. The first-order valence-corrected chi connectivity index (χ1v) is 13.1. The number of thiophene rings is 1. The second-order valence-electron chi connectivity index (χ2n) is 9.12. The fourth-order valence-corrected chi connectivity index (χ4v) is 5.64. The van der Waals surface area contributed by atoms with Crippen LogP contribution < -0.4 is 0 Å². The first kappa shape index (κ1) is 25.5. The Labute approximate surface area is 214 Å². The molecule has 4 rings (SSSR count). The van der Waals surface area contributed by atoms with Gasteiger partial charge >= 0.3 is 5.97 Å². The minimum atomic E-state index is -0.619. The molecule has 2 aromatic heterocycles. The number of carbonyl (C=O) groups is 1. The highest BCUT2D eigenvalue weighted by atomic mass is 35.5. The van der Waals surface area contributed by atoms with Crippen molar-refractivity contribution in [3.8, 4) is 0 Å². The zero-order chi connectivity index (χ0) is 25.1. The Bertz CT molecular complexity index is 1210. The standard InChI is InChI=1S/C26H31ClN4O3S/c1-14-15(2)35-16(3)24(14)25(18-5-7-19(27)8-6-18)29-22(26-28-17(4)30-31-26)13-23(33)34-21-11-9-20(32)10-12-21/h5-8,20-22,32H,9-13H2,1-4H3,(H,28,30,31). The summed E-state index contributed by atoms with van der Waals surface area (Å²) < 4.78 is 5.76. The van der Waals surface area contributed by atoms with E-state index >= 15 is 0 Å². The highest BCUT2D eigenvalue weighted by molar-refractivity contribution is 7.12. The van der Waals surface area contributed by atoms with Gasteiger partial charge in [-0.1, -0.05) is 23.7 Å².